The van der Waals surface area contributed by atoms with Crippen LogP contribution in [0.3, 0.4) is 0 Å². The summed E-state index contributed by atoms with van der Waals surface area (Å²) in [6.07, 6.45) is 4.08. The average molecular weight is 261 g/mol. The SMILES string of the molecule is CC(C(=O)Nc1ccnc(C(=O)O)c1)n1cncn1. The summed E-state index contributed by atoms with van der Waals surface area (Å²) < 4.78 is 1.40. The van der Waals surface area contributed by atoms with E-state index in [2.05, 4.69) is 20.4 Å². The molecule has 19 heavy (non-hydrogen) atoms. The predicted octanol–water partition coefficient (Wildman–Crippen LogP) is 0.571. The van der Waals surface area contributed by atoms with Gasteiger partial charge in [-0.1, -0.05) is 0 Å². The first-order chi connectivity index (χ1) is 9.08. The number of anilines is 1. The number of nitrogens with one attached hydrogen (secondary N) is 1. The zero-order valence-corrected chi connectivity index (χ0v) is 10.0. The first kappa shape index (κ1) is 12.7. The maximum absolute atomic E-state index is 11.9. The quantitative estimate of drug-likeness (QED) is 0.832. The number of pyridine rings is 1. The molecule has 2 aromatic heterocycles. The number of carbonyl (C=O) groups is 2. The van der Waals surface area contributed by atoms with Crippen molar-refractivity contribution < 1.29 is 14.7 Å². The maximum atomic E-state index is 11.9. The lowest BCUT2D eigenvalue weighted by molar-refractivity contribution is -0.119. The summed E-state index contributed by atoms with van der Waals surface area (Å²) in [6.45, 7) is 1.66. The molecule has 0 saturated carbocycles. The number of amides is 1. The predicted molar refractivity (Wildman–Crippen MR) is 64.6 cm³/mol. The van der Waals surface area contributed by atoms with E-state index >= 15 is 0 Å². The fourth-order valence-corrected chi connectivity index (χ4v) is 1.41. The Morgan fingerprint density at radius 3 is 2.89 bits per heavy atom. The lowest BCUT2D eigenvalue weighted by Crippen LogP contribution is -2.24. The second-order valence-corrected chi connectivity index (χ2v) is 3.78. The Labute approximate surface area is 108 Å². The van der Waals surface area contributed by atoms with Gasteiger partial charge < -0.3 is 10.4 Å². The Kier molecular flexibility index (Phi) is 3.51. The third-order valence-electron chi connectivity index (χ3n) is 2.46. The van der Waals surface area contributed by atoms with Gasteiger partial charge in [0.25, 0.3) is 0 Å². The molecule has 0 fully saturated rings. The largest absolute Gasteiger partial charge is 0.477 e. The number of aromatic carboxylic acids is 1. The average Bonchev–Trinajstić information content (AvgIpc) is 2.92. The molecular formula is C11H11N5O3. The third kappa shape index (κ3) is 2.92. The van der Waals surface area contributed by atoms with Gasteiger partial charge in [0.1, 0.15) is 24.4 Å². The monoisotopic (exact) mass is 261 g/mol. The van der Waals surface area contributed by atoms with Crippen molar-refractivity contribution in [3.8, 4) is 0 Å². The molecule has 2 N–H and O–H groups in total. The maximum Gasteiger partial charge on any atom is 0.354 e. The highest BCUT2D eigenvalue weighted by Crippen LogP contribution is 2.11. The highest BCUT2D eigenvalue weighted by molar-refractivity contribution is 5.94. The summed E-state index contributed by atoms with van der Waals surface area (Å²) in [6, 6.07) is 2.25. The van der Waals surface area contributed by atoms with Crippen LogP contribution in [0.2, 0.25) is 0 Å². The van der Waals surface area contributed by atoms with E-state index in [4.69, 9.17) is 5.11 Å². The molecule has 0 radical (unpaired) electrons. The molecule has 2 rings (SSSR count). The number of carboxylic acid groups (broad SMARTS) is 1. The Morgan fingerprint density at radius 1 is 1.47 bits per heavy atom. The third-order valence-corrected chi connectivity index (χ3v) is 2.46. The molecule has 98 valence electrons. The lowest BCUT2D eigenvalue weighted by atomic mass is 10.2. The van der Waals surface area contributed by atoms with Crippen LogP contribution in [-0.4, -0.2) is 36.7 Å². The summed E-state index contributed by atoms with van der Waals surface area (Å²) in [5, 5.41) is 15.3. The minimum atomic E-state index is -1.15. The van der Waals surface area contributed by atoms with Crippen LogP contribution >= 0.6 is 0 Å². The molecule has 1 unspecified atom stereocenters. The van der Waals surface area contributed by atoms with Crippen molar-refractivity contribution in [3.63, 3.8) is 0 Å². The molecule has 8 nitrogen and oxygen atoms in total. The van der Waals surface area contributed by atoms with Gasteiger partial charge in [-0.3, -0.25) is 4.79 Å². The Bertz CT molecular complexity index is 596. The summed E-state index contributed by atoms with van der Waals surface area (Å²) in [5.41, 5.74) is 0.232. The van der Waals surface area contributed by atoms with E-state index in [-0.39, 0.29) is 11.6 Å². The van der Waals surface area contributed by atoms with E-state index < -0.39 is 12.0 Å². The smallest absolute Gasteiger partial charge is 0.354 e. The van der Waals surface area contributed by atoms with Gasteiger partial charge in [-0.2, -0.15) is 5.10 Å². The van der Waals surface area contributed by atoms with Gasteiger partial charge in [-0.05, 0) is 19.1 Å². The highest BCUT2D eigenvalue weighted by atomic mass is 16.4. The summed E-state index contributed by atoms with van der Waals surface area (Å²) >= 11 is 0. The number of nitrogens with zero attached hydrogens (tertiary/aromatic N) is 4. The lowest BCUT2D eigenvalue weighted by Gasteiger charge is -2.12. The fraction of sp³-hybridized carbons (Fsp3) is 0.182. The number of hydrogen-bond acceptors (Lipinski definition) is 5. The highest BCUT2D eigenvalue weighted by Gasteiger charge is 2.16. The van der Waals surface area contributed by atoms with Gasteiger partial charge >= 0.3 is 5.97 Å². The zero-order valence-electron chi connectivity index (χ0n) is 10.0. The molecule has 1 amide bonds. The Hall–Kier alpha value is -2.77. The molecule has 0 aliphatic carbocycles. The van der Waals surface area contributed by atoms with Gasteiger partial charge in [0.05, 0.1) is 0 Å². The summed E-state index contributed by atoms with van der Waals surface area (Å²) in [7, 11) is 0. The zero-order chi connectivity index (χ0) is 13.8. The second-order valence-electron chi connectivity index (χ2n) is 3.78. The topological polar surface area (TPSA) is 110 Å². The van der Waals surface area contributed by atoms with Crippen molar-refractivity contribution in [3.05, 3.63) is 36.7 Å². The molecule has 8 heteroatoms. The van der Waals surface area contributed by atoms with Gasteiger partial charge in [-0.25, -0.2) is 19.4 Å². The van der Waals surface area contributed by atoms with Gasteiger partial charge in [0, 0.05) is 11.9 Å². The Balaban J connectivity index is 2.11. The van der Waals surface area contributed by atoms with Crippen LogP contribution in [0.25, 0.3) is 0 Å². The van der Waals surface area contributed by atoms with Crippen molar-refractivity contribution >= 4 is 17.6 Å². The first-order valence-corrected chi connectivity index (χ1v) is 5.42. The molecule has 0 bridgehead atoms. The molecule has 0 aromatic carbocycles. The normalized spacial score (nSPS) is 11.8. The van der Waals surface area contributed by atoms with Crippen LogP contribution < -0.4 is 5.32 Å². The molecule has 2 aromatic rings. The number of carboxylic acids is 1. The van der Waals surface area contributed by atoms with Crippen molar-refractivity contribution in [1.29, 1.82) is 0 Å². The van der Waals surface area contributed by atoms with Crippen LogP contribution in [0, 0.1) is 0 Å². The standard InChI is InChI=1S/C11H11N5O3/c1-7(16-6-12-5-14-16)10(17)15-8-2-3-13-9(4-8)11(18)19/h2-7H,1H3,(H,18,19)(H,13,15,17). The molecule has 0 aliphatic heterocycles. The molecule has 0 saturated heterocycles. The minimum Gasteiger partial charge on any atom is -0.477 e. The number of aromatic nitrogens is 4. The van der Waals surface area contributed by atoms with Crippen molar-refractivity contribution in [2.75, 3.05) is 5.32 Å². The van der Waals surface area contributed by atoms with Crippen molar-refractivity contribution in [2.45, 2.75) is 13.0 Å². The van der Waals surface area contributed by atoms with Crippen LogP contribution in [0.1, 0.15) is 23.5 Å². The molecule has 2 heterocycles. The molecule has 1 atom stereocenters. The van der Waals surface area contributed by atoms with E-state index in [9.17, 15) is 9.59 Å². The number of carbonyl (C=O) groups excluding carboxylic acids is 1. The van der Waals surface area contributed by atoms with E-state index in [0.29, 0.717) is 5.69 Å². The Morgan fingerprint density at radius 2 is 2.26 bits per heavy atom. The number of rotatable bonds is 4. The second kappa shape index (κ2) is 5.25. The summed E-state index contributed by atoms with van der Waals surface area (Å²) in [5.74, 6) is -1.48. The van der Waals surface area contributed by atoms with E-state index in [1.165, 1.54) is 35.7 Å². The van der Waals surface area contributed by atoms with Crippen molar-refractivity contribution in [1.82, 2.24) is 19.7 Å². The minimum absolute atomic E-state index is 0.133. The molecule has 0 aliphatic rings. The number of hydrogen-bond donors (Lipinski definition) is 2. The van der Waals surface area contributed by atoms with E-state index in [0.717, 1.165) is 0 Å². The van der Waals surface area contributed by atoms with Crippen LogP contribution in [0.4, 0.5) is 5.69 Å². The van der Waals surface area contributed by atoms with Crippen LogP contribution in [0.5, 0.6) is 0 Å². The van der Waals surface area contributed by atoms with Gasteiger partial charge in [0.15, 0.2) is 0 Å². The van der Waals surface area contributed by atoms with E-state index in [1.54, 1.807) is 6.92 Å². The van der Waals surface area contributed by atoms with Crippen LogP contribution in [0.15, 0.2) is 31.0 Å². The van der Waals surface area contributed by atoms with Crippen LogP contribution in [-0.2, 0) is 4.79 Å². The van der Waals surface area contributed by atoms with Crippen molar-refractivity contribution in [2.24, 2.45) is 0 Å². The fourth-order valence-electron chi connectivity index (χ4n) is 1.41. The van der Waals surface area contributed by atoms with Gasteiger partial charge in [0.2, 0.25) is 5.91 Å². The van der Waals surface area contributed by atoms with E-state index in [1.807, 2.05) is 0 Å². The summed E-state index contributed by atoms with van der Waals surface area (Å²) in [4.78, 5) is 30.1. The first-order valence-electron chi connectivity index (χ1n) is 5.42. The molecular weight excluding hydrogens is 250 g/mol. The van der Waals surface area contributed by atoms with Gasteiger partial charge in [-0.15, -0.1) is 0 Å². The molecule has 0 spiro atoms.